The molecule has 9 heteroatoms. The van der Waals surface area contributed by atoms with Gasteiger partial charge in [-0.25, -0.2) is 0 Å². The standard InChI is InChI=1S/C24H40N6O2.HI/c1-4-25-24(26-18-21(2)27(3)19-22-8-6-5-7-9-22)30-12-10-28(11-13-30)20-23(31)29-14-16-32-17-15-29;/h5-9,21H,4,10-20H2,1-3H3,(H,25,26);1H. The van der Waals surface area contributed by atoms with Gasteiger partial charge in [0, 0.05) is 58.4 Å². The zero-order valence-corrected chi connectivity index (χ0v) is 22.7. The number of carbonyl (C=O) groups excluding carboxylic acids is 1. The maximum atomic E-state index is 12.5. The molecule has 33 heavy (non-hydrogen) atoms. The highest BCUT2D eigenvalue weighted by Crippen LogP contribution is 2.08. The second-order valence-corrected chi connectivity index (χ2v) is 8.70. The second-order valence-electron chi connectivity index (χ2n) is 8.70. The molecule has 0 radical (unpaired) electrons. The second kappa shape index (κ2) is 14.7. The van der Waals surface area contributed by atoms with Gasteiger partial charge in [-0.05, 0) is 26.5 Å². The van der Waals surface area contributed by atoms with Crippen molar-refractivity contribution in [3.05, 3.63) is 35.9 Å². The number of carbonyl (C=O) groups is 1. The van der Waals surface area contributed by atoms with Crippen molar-refractivity contribution in [1.82, 2.24) is 24.9 Å². The highest BCUT2D eigenvalue weighted by molar-refractivity contribution is 14.0. The van der Waals surface area contributed by atoms with Crippen LogP contribution in [0.1, 0.15) is 19.4 Å². The minimum atomic E-state index is 0. The average molecular weight is 573 g/mol. The molecule has 2 saturated heterocycles. The average Bonchev–Trinajstić information content (AvgIpc) is 2.83. The van der Waals surface area contributed by atoms with Gasteiger partial charge in [0.05, 0.1) is 26.3 Å². The van der Waals surface area contributed by atoms with E-state index in [-0.39, 0.29) is 29.9 Å². The number of piperazine rings is 1. The lowest BCUT2D eigenvalue weighted by Crippen LogP contribution is -2.55. The van der Waals surface area contributed by atoms with Crippen molar-refractivity contribution in [2.24, 2.45) is 4.99 Å². The number of halogens is 1. The molecule has 2 aliphatic rings. The van der Waals surface area contributed by atoms with Gasteiger partial charge >= 0.3 is 0 Å². The molecule has 1 atom stereocenters. The highest BCUT2D eigenvalue weighted by Gasteiger charge is 2.24. The summed E-state index contributed by atoms with van der Waals surface area (Å²) in [7, 11) is 2.16. The Labute approximate surface area is 216 Å². The van der Waals surface area contributed by atoms with Gasteiger partial charge in [-0.3, -0.25) is 19.6 Å². The van der Waals surface area contributed by atoms with Crippen molar-refractivity contribution in [1.29, 1.82) is 0 Å². The first-order valence-electron chi connectivity index (χ1n) is 11.9. The van der Waals surface area contributed by atoms with E-state index in [0.29, 0.717) is 38.9 Å². The van der Waals surface area contributed by atoms with E-state index < -0.39 is 0 Å². The number of benzene rings is 1. The number of guanidine groups is 1. The number of hydrogen-bond donors (Lipinski definition) is 1. The lowest BCUT2D eigenvalue weighted by Gasteiger charge is -2.37. The molecular formula is C24H41IN6O2. The van der Waals surface area contributed by atoms with Gasteiger partial charge in [-0.15, -0.1) is 24.0 Å². The summed E-state index contributed by atoms with van der Waals surface area (Å²) >= 11 is 0. The van der Waals surface area contributed by atoms with E-state index in [9.17, 15) is 4.79 Å². The summed E-state index contributed by atoms with van der Waals surface area (Å²) in [6.45, 7) is 13.6. The molecule has 1 amide bonds. The van der Waals surface area contributed by atoms with E-state index in [1.165, 1.54) is 5.56 Å². The van der Waals surface area contributed by atoms with Crippen LogP contribution in [0.25, 0.3) is 0 Å². The van der Waals surface area contributed by atoms with Crippen LogP contribution in [-0.2, 0) is 16.1 Å². The molecule has 1 unspecified atom stereocenters. The third-order valence-corrected chi connectivity index (χ3v) is 6.26. The van der Waals surface area contributed by atoms with Gasteiger partial charge in [-0.2, -0.15) is 0 Å². The van der Waals surface area contributed by atoms with E-state index in [4.69, 9.17) is 9.73 Å². The Balaban J connectivity index is 0.00000385. The number of rotatable bonds is 8. The molecule has 1 aromatic carbocycles. The summed E-state index contributed by atoms with van der Waals surface area (Å²) < 4.78 is 5.35. The highest BCUT2D eigenvalue weighted by atomic mass is 127. The number of nitrogens with one attached hydrogen (secondary N) is 1. The molecule has 2 fully saturated rings. The molecule has 3 rings (SSSR count). The Bertz CT molecular complexity index is 721. The molecular weight excluding hydrogens is 531 g/mol. The SMILES string of the molecule is CCNC(=NCC(C)N(C)Cc1ccccc1)N1CCN(CC(=O)N2CCOCC2)CC1.I. The van der Waals surface area contributed by atoms with Crippen LogP contribution in [0.4, 0.5) is 0 Å². The molecule has 8 nitrogen and oxygen atoms in total. The van der Waals surface area contributed by atoms with Crippen LogP contribution in [0.15, 0.2) is 35.3 Å². The molecule has 1 N–H and O–H groups in total. The van der Waals surface area contributed by atoms with Gasteiger partial charge in [0.25, 0.3) is 0 Å². The van der Waals surface area contributed by atoms with Crippen LogP contribution < -0.4 is 5.32 Å². The predicted molar refractivity (Wildman–Crippen MR) is 144 cm³/mol. The van der Waals surface area contributed by atoms with E-state index >= 15 is 0 Å². The first-order valence-corrected chi connectivity index (χ1v) is 11.9. The topological polar surface area (TPSA) is 63.7 Å². The Kier molecular flexibility index (Phi) is 12.4. The minimum absolute atomic E-state index is 0. The van der Waals surface area contributed by atoms with Gasteiger partial charge in [-0.1, -0.05) is 30.3 Å². The number of ether oxygens (including phenoxy) is 1. The van der Waals surface area contributed by atoms with Crippen LogP contribution in [-0.4, -0.2) is 117 Å². The molecule has 186 valence electrons. The Morgan fingerprint density at radius 1 is 1.09 bits per heavy atom. The molecule has 0 aromatic heterocycles. The molecule has 0 bridgehead atoms. The summed E-state index contributed by atoms with van der Waals surface area (Å²) in [5.41, 5.74) is 1.32. The minimum Gasteiger partial charge on any atom is -0.378 e. The zero-order valence-electron chi connectivity index (χ0n) is 20.4. The van der Waals surface area contributed by atoms with Crippen LogP contribution >= 0.6 is 24.0 Å². The monoisotopic (exact) mass is 572 g/mol. The first-order chi connectivity index (χ1) is 15.6. The summed E-state index contributed by atoms with van der Waals surface area (Å²) in [5.74, 6) is 1.20. The van der Waals surface area contributed by atoms with Gasteiger partial charge < -0.3 is 19.9 Å². The quantitative estimate of drug-likeness (QED) is 0.290. The predicted octanol–water partition coefficient (Wildman–Crippen LogP) is 1.57. The van der Waals surface area contributed by atoms with E-state index in [1.807, 2.05) is 4.90 Å². The van der Waals surface area contributed by atoms with Crippen molar-refractivity contribution in [2.45, 2.75) is 26.4 Å². The van der Waals surface area contributed by atoms with Crippen molar-refractivity contribution in [3.63, 3.8) is 0 Å². The van der Waals surface area contributed by atoms with E-state index in [2.05, 4.69) is 71.2 Å². The summed E-state index contributed by atoms with van der Waals surface area (Å²) in [6.07, 6.45) is 0. The number of amides is 1. The maximum Gasteiger partial charge on any atom is 0.236 e. The Morgan fingerprint density at radius 3 is 2.39 bits per heavy atom. The lowest BCUT2D eigenvalue weighted by atomic mass is 10.2. The number of morpholine rings is 1. The fourth-order valence-corrected chi connectivity index (χ4v) is 4.03. The van der Waals surface area contributed by atoms with Crippen LogP contribution in [0, 0.1) is 0 Å². The van der Waals surface area contributed by atoms with Crippen LogP contribution in [0.5, 0.6) is 0 Å². The van der Waals surface area contributed by atoms with Gasteiger partial charge in [0.15, 0.2) is 5.96 Å². The lowest BCUT2D eigenvalue weighted by molar-refractivity contribution is -0.136. The Morgan fingerprint density at radius 2 is 1.76 bits per heavy atom. The van der Waals surface area contributed by atoms with Gasteiger partial charge in [0.1, 0.15) is 0 Å². The van der Waals surface area contributed by atoms with Crippen molar-refractivity contribution in [3.8, 4) is 0 Å². The molecule has 1 aromatic rings. The summed E-state index contributed by atoms with van der Waals surface area (Å²) in [5, 5.41) is 3.45. The normalized spacial score (nSPS) is 18.7. The smallest absolute Gasteiger partial charge is 0.236 e. The number of hydrogen-bond acceptors (Lipinski definition) is 5. The van der Waals surface area contributed by atoms with Gasteiger partial charge in [0.2, 0.25) is 5.91 Å². The number of likely N-dealkylation sites (N-methyl/N-ethyl adjacent to an activating group) is 1. The van der Waals surface area contributed by atoms with Crippen molar-refractivity contribution in [2.75, 3.05) is 79.2 Å². The van der Waals surface area contributed by atoms with Crippen LogP contribution in [0.2, 0.25) is 0 Å². The third kappa shape index (κ3) is 9.03. The number of nitrogens with zero attached hydrogens (tertiary/aromatic N) is 5. The van der Waals surface area contributed by atoms with Crippen molar-refractivity contribution >= 4 is 35.8 Å². The van der Waals surface area contributed by atoms with Crippen LogP contribution in [0.3, 0.4) is 0 Å². The maximum absolute atomic E-state index is 12.5. The first kappa shape index (κ1) is 27.8. The fourth-order valence-electron chi connectivity index (χ4n) is 4.03. The molecule has 0 saturated carbocycles. The molecule has 0 spiro atoms. The van der Waals surface area contributed by atoms with E-state index in [1.54, 1.807) is 0 Å². The third-order valence-electron chi connectivity index (χ3n) is 6.26. The summed E-state index contributed by atoms with van der Waals surface area (Å²) in [6, 6.07) is 10.9. The largest absolute Gasteiger partial charge is 0.378 e. The van der Waals surface area contributed by atoms with E-state index in [0.717, 1.165) is 51.8 Å². The molecule has 2 heterocycles. The Hall–Kier alpha value is -1.43. The number of aliphatic imine (C=N–C) groups is 1. The molecule has 0 aliphatic carbocycles. The summed E-state index contributed by atoms with van der Waals surface area (Å²) in [4.78, 5) is 26.3. The van der Waals surface area contributed by atoms with Crippen molar-refractivity contribution < 1.29 is 9.53 Å². The zero-order chi connectivity index (χ0) is 22.8. The molecule has 2 aliphatic heterocycles. The fraction of sp³-hybridized carbons (Fsp3) is 0.667.